The summed E-state index contributed by atoms with van der Waals surface area (Å²) in [5.41, 5.74) is 9.54. The van der Waals surface area contributed by atoms with Gasteiger partial charge >= 0.3 is 0 Å². The highest BCUT2D eigenvalue weighted by Crippen LogP contribution is 2.55. The Bertz CT molecular complexity index is 1440. The molecule has 4 N–H and O–H groups in total. The molecular weight excluding hydrogens is 591 g/mol. The molecule has 3 aliphatic carbocycles. The predicted molar refractivity (Wildman–Crippen MR) is 182 cm³/mol. The predicted octanol–water partition coefficient (Wildman–Crippen LogP) is 5.97. The monoisotopic (exact) mass is 644 g/mol. The van der Waals surface area contributed by atoms with Crippen LogP contribution in [0.5, 0.6) is 0 Å². The van der Waals surface area contributed by atoms with Crippen LogP contribution < -0.4 is 16.4 Å². The van der Waals surface area contributed by atoms with E-state index in [0.29, 0.717) is 25.4 Å². The fraction of sp³-hybridized carbons (Fsp3) is 0.615. The molecule has 3 fully saturated rings. The number of benzene rings is 2. The first kappa shape index (κ1) is 33.6. The number of amides is 3. The molecule has 254 valence electrons. The topological polar surface area (TPSA) is 105 Å². The van der Waals surface area contributed by atoms with Crippen LogP contribution >= 0.6 is 0 Å². The van der Waals surface area contributed by atoms with Crippen molar-refractivity contribution < 1.29 is 18.8 Å². The number of carbonyl (C=O) groups excluding carboxylic acids is 3. The lowest BCUT2D eigenvalue weighted by atomic mass is 9.62. The maximum Gasteiger partial charge on any atom is 0.245 e. The molecule has 5 atom stereocenters. The molecule has 0 radical (unpaired) electrons. The number of rotatable bonds is 10. The van der Waals surface area contributed by atoms with E-state index in [1.165, 1.54) is 42.5 Å². The fourth-order valence-corrected chi connectivity index (χ4v) is 9.29. The van der Waals surface area contributed by atoms with E-state index >= 15 is 0 Å². The number of nitrogens with two attached hydrogens (primary N) is 1. The highest BCUT2D eigenvalue weighted by Gasteiger charge is 2.53. The molecule has 4 aliphatic rings. The molecule has 1 aliphatic heterocycles. The summed E-state index contributed by atoms with van der Waals surface area (Å²) in [4.78, 5) is 43.6. The van der Waals surface area contributed by atoms with E-state index in [2.05, 4.69) is 43.5 Å². The summed E-state index contributed by atoms with van der Waals surface area (Å²) in [6.45, 7) is 7.33. The SMILES string of the molecule is CCC(C)(C)NC(=O)CC1(C2CCCCC2)CCN(C(=O)[C@@H](Cc2ccc(F)cc2)NC(=O)C2C3CC(c4ccccc43)C2N)CC1. The lowest BCUT2D eigenvalue weighted by Gasteiger charge is -2.48. The van der Waals surface area contributed by atoms with Crippen LogP contribution in [0.25, 0.3) is 0 Å². The molecule has 2 aromatic carbocycles. The van der Waals surface area contributed by atoms with E-state index in [0.717, 1.165) is 44.1 Å². The van der Waals surface area contributed by atoms with Crippen LogP contribution in [0.15, 0.2) is 48.5 Å². The van der Waals surface area contributed by atoms with Crippen LogP contribution in [0, 0.1) is 23.1 Å². The normalized spacial score (nSPS) is 26.0. The van der Waals surface area contributed by atoms with Gasteiger partial charge in [-0.15, -0.1) is 0 Å². The Morgan fingerprint density at radius 3 is 2.26 bits per heavy atom. The van der Waals surface area contributed by atoms with E-state index in [1.54, 1.807) is 12.1 Å². The minimum absolute atomic E-state index is 0.0442. The van der Waals surface area contributed by atoms with E-state index in [-0.39, 0.29) is 58.8 Å². The van der Waals surface area contributed by atoms with Crippen molar-refractivity contribution in [3.8, 4) is 0 Å². The standard InChI is InChI=1S/C39H53FN4O3/c1-4-38(2,3)43-33(45)24-39(26-10-6-5-7-11-26)18-20-44(21-19-39)37(47)32(22-25-14-16-27(40)17-15-25)42-36(46)34-30-23-31(35(34)41)29-13-9-8-12-28(29)30/h8-9,12-17,26,30-32,34-35H,4-7,10-11,18-24,41H2,1-3H3,(H,42,46)(H,43,45)/t30?,31?,32-,34?,35?/m1/s1. The molecule has 2 bridgehead atoms. The van der Waals surface area contributed by atoms with Crippen molar-refractivity contribution in [3.05, 3.63) is 71.0 Å². The molecular formula is C39H53FN4O3. The minimum atomic E-state index is -0.787. The number of nitrogens with one attached hydrogen (secondary N) is 2. The molecule has 47 heavy (non-hydrogen) atoms. The van der Waals surface area contributed by atoms with Crippen LogP contribution in [-0.2, 0) is 20.8 Å². The highest BCUT2D eigenvalue weighted by atomic mass is 19.1. The Balaban J connectivity index is 1.19. The number of hydrogen-bond donors (Lipinski definition) is 3. The first-order chi connectivity index (χ1) is 22.5. The van der Waals surface area contributed by atoms with Gasteiger partial charge in [0.25, 0.3) is 0 Å². The van der Waals surface area contributed by atoms with Crippen molar-refractivity contribution in [3.63, 3.8) is 0 Å². The maximum atomic E-state index is 14.3. The van der Waals surface area contributed by atoms with Gasteiger partial charge in [0.2, 0.25) is 17.7 Å². The number of piperidine rings is 1. The van der Waals surface area contributed by atoms with Gasteiger partial charge in [0, 0.05) is 43.4 Å². The lowest BCUT2D eigenvalue weighted by Crippen LogP contribution is -2.56. The van der Waals surface area contributed by atoms with Gasteiger partial charge in [0.05, 0.1) is 5.92 Å². The van der Waals surface area contributed by atoms with Crippen molar-refractivity contribution in [2.24, 2.45) is 23.0 Å². The van der Waals surface area contributed by atoms with E-state index < -0.39 is 12.0 Å². The molecule has 7 nitrogen and oxygen atoms in total. The second-order valence-corrected chi connectivity index (χ2v) is 15.6. The van der Waals surface area contributed by atoms with Crippen LogP contribution in [-0.4, -0.2) is 53.3 Å². The van der Waals surface area contributed by atoms with Crippen LogP contribution in [0.2, 0.25) is 0 Å². The number of nitrogens with zero attached hydrogens (tertiary/aromatic N) is 1. The zero-order valence-corrected chi connectivity index (χ0v) is 28.4. The zero-order chi connectivity index (χ0) is 33.3. The third-order valence-electron chi connectivity index (χ3n) is 12.3. The second-order valence-electron chi connectivity index (χ2n) is 15.6. The van der Waals surface area contributed by atoms with Crippen LogP contribution in [0.3, 0.4) is 0 Å². The summed E-state index contributed by atoms with van der Waals surface area (Å²) in [7, 11) is 0. The Morgan fingerprint density at radius 2 is 1.62 bits per heavy atom. The summed E-state index contributed by atoms with van der Waals surface area (Å²) in [6.07, 6.45) is 9.92. The Labute approximate surface area is 279 Å². The van der Waals surface area contributed by atoms with Crippen molar-refractivity contribution in [2.45, 2.75) is 121 Å². The van der Waals surface area contributed by atoms with Gasteiger partial charge in [-0.3, -0.25) is 14.4 Å². The van der Waals surface area contributed by atoms with E-state index in [9.17, 15) is 18.8 Å². The van der Waals surface area contributed by atoms with Gasteiger partial charge in [-0.1, -0.05) is 62.6 Å². The van der Waals surface area contributed by atoms with Crippen molar-refractivity contribution >= 4 is 17.7 Å². The number of carbonyl (C=O) groups is 3. The summed E-state index contributed by atoms with van der Waals surface area (Å²) < 4.78 is 13.8. The molecule has 2 saturated carbocycles. The molecule has 1 saturated heterocycles. The second kappa shape index (κ2) is 13.7. The van der Waals surface area contributed by atoms with E-state index in [1.807, 2.05) is 17.0 Å². The van der Waals surface area contributed by atoms with Gasteiger partial charge < -0.3 is 21.3 Å². The Kier molecular flexibility index (Phi) is 9.80. The van der Waals surface area contributed by atoms with Crippen molar-refractivity contribution in [1.82, 2.24) is 15.5 Å². The molecule has 0 aromatic heterocycles. The molecule has 1 heterocycles. The van der Waals surface area contributed by atoms with Gasteiger partial charge in [0.1, 0.15) is 11.9 Å². The molecule has 8 heteroatoms. The zero-order valence-electron chi connectivity index (χ0n) is 28.4. The first-order valence-corrected chi connectivity index (χ1v) is 18.0. The van der Waals surface area contributed by atoms with Gasteiger partial charge in [0.15, 0.2) is 0 Å². The Hall–Kier alpha value is -3.26. The summed E-state index contributed by atoms with van der Waals surface area (Å²) >= 11 is 0. The lowest BCUT2D eigenvalue weighted by molar-refractivity contribution is -0.141. The fourth-order valence-electron chi connectivity index (χ4n) is 9.29. The molecule has 6 rings (SSSR count). The number of likely N-dealkylation sites (tertiary alicyclic amines) is 1. The number of halogens is 1. The third kappa shape index (κ3) is 6.99. The van der Waals surface area contributed by atoms with Crippen molar-refractivity contribution in [2.75, 3.05) is 13.1 Å². The summed E-state index contributed by atoms with van der Waals surface area (Å²) in [5.74, 6) is -0.264. The van der Waals surface area contributed by atoms with Crippen LogP contribution in [0.1, 0.15) is 114 Å². The summed E-state index contributed by atoms with van der Waals surface area (Å²) in [6, 6.07) is 13.3. The maximum absolute atomic E-state index is 14.3. The summed E-state index contributed by atoms with van der Waals surface area (Å²) in [5, 5.41) is 6.41. The number of fused-ring (bicyclic) bond motifs is 5. The largest absolute Gasteiger partial charge is 0.351 e. The molecule has 2 aromatic rings. The molecule has 3 amide bonds. The first-order valence-electron chi connectivity index (χ1n) is 18.0. The molecule has 0 spiro atoms. The average molecular weight is 645 g/mol. The van der Waals surface area contributed by atoms with Gasteiger partial charge in [-0.2, -0.15) is 0 Å². The van der Waals surface area contributed by atoms with Crippen molar-refractivity contribution in [1.29, 1.82) is 0 Å². The van der Waals surface area contributed by atoms with Gasteiger partial charge in [-0.25, -0.2) is 4.39 Å². The molecule has 4 unspecified atom stereocenters. The smallest absolute Gasteiger partial charge is 0.245 e. The third-order valence-corrected chi connectivity index (χ3v) is 12.3. The number of hydrogen-bond acceptors (Lipinski definition) is 4. The van der Waals surface area contributed by atoms with E-state index in [4.69, 9.17) is 5.73 Å². The van der Waals surface area contributed by atoms with Crippen LogP contribution in [0.4, 0.5) is 4.39 Å². The average Bonchev–Trinajstić information content (AvgIpc) is 3.62. The quantitative estimate of drug-likeness (QED) is 0.297. The Morgan fingerprint density at radius 1 is 0.979 bits per heavy atom. The van der Waals surface area contributed by atoms with Gasteiger partial charge in [-0.05, 0) is 98.4 Å². The minimum Gasteiger partial charge on any atom is -0.351 e. The highest BCUT2D eigenvalue weighted by molar-refractivity contribution is 5.90.